The molecule has 0 spiro atoms. The van der Waals surface area contributed by atoms with Gasteiger partial charge in [-0.2, -0.15) is 0 Å². The Balaban J connectivity index is 1.67. The normalized spacial score (nSPS) is 19.5. The van der Waals surface area contributed by atoms with Crippen LogP contribution in [0.2, 0.25) is 0 Å². The predicted molar refractivity (Wildman–Crippen MR) is 98.9 cm³/mol. The SMILES string of the molecule is CCOC(=O)C1=C(CN(Cc2ccco2)C2CC2)NC(=O)N[C@H]1c1ccco1. The van der Waals surface area contributed by atoms with Crippen LogP contribution < -0.4 is 10.6 Å². The summed E-state index contributed by atoms with van der Waals surface area (Å²) >= 11 is 0. The molecule has 2 amide bonds. The molecule has 1 atom stereocenters. The van der Waals surface area contributed by atoms with Gasteiger partial charge >= 0.3 is 12.0 Å². The second-order valence-corrected chi connectivity index (χ2v) is 6.88. The molecule has 8 nitrogen and oxygen atoms in total. The van der Waals surface area contributed by atoms with E-state index in [1.807, 2.05) is 12.1 Å². The average Bonchev–Trinajstić information content (AvgIpc) is 3.15. The van der Waals surface area contributed by atoms with E-state index in [9.17, 15) is 9.59 Å². The Kier molecular flexibility index (Phi) is 5.21. The second-order valence-electron chi connectivity index (χ2n) is 6.88. The summed E-state index contributed by atoms with van der Waals surface area (Å²) in [4.78, 5) is 27.3. The molecule has 1 aliphatic heterocycles. The van der Waals surface area contributed by atoms with Crippen molar-refractivity contribution in [2.75, 3.05) is 13.2 Å². The Labute approximate surface area is 162 Å². The van der Waals surface area contributed by atoms with Crippen LogP contribution in [0.3, 0.4) is 0 Å². The lowest BCUT2D eigenvalue weighted by atomic mass is 9.99. The highest BCUT2D eigenvalue weighted by Crippen LogP contribution is 2.32. The number of amides is 2. The van der Waals surface area contributed by atoms with Crippen LogP contribution in [-0.2, 0) is 16.1 Å². The molecule has 0 aromatic carbocycles. The Morgan fingerprint density at radius 1 is 1.21 bits per heavy atom. The molecule has 2 aliphatic rings. The van der Waals surface area contributed by atoms with Gasteiger partial charge in [0.1, 0.15) is 17.6 Å². The molecule has 4 rings (SSSR count). The van der Waals surface area contributed by atoms with Crippen molar-refractivity contribution in [3.05, 3.63) is 59.6 Å². The van der Waals surface area contributed by atoms with Crippen LogP contribution in [0, 0.1) is 0 Å². The summed E-state index contributed by atoms with van der Waals surface area (Å²) in [6, 6.07) is 6.55. The Morgan fingerprint density at radius 2 is 2.00 bits per heavy atom. The van der Waals surface area contributed by atoms with Gasteiger partial charge in [0.25, 0.3) is 0 Å². The number of carbonyl (C=O) groups excluding carboxylic acids is 2. The van der Waals surface area contributed by atoms with Crippen molar-refractivity contribution in [2.45, 2.75) is 38.4 Å². The van der Waals surface area contributed by atoms with E-state index in [1.165, 1.54) is 6.26 Å². The van der Waals surface area contributed by atoms with Gasteiger partial charge in [0.15, 0.2) is 0 Å². The van der Waals surface area contributed by atoms with E-state index in [-0.39, 0.29) is 12.6 Å². The number of ether oxygens (including phenoxy) is 1. The highest BCUT2D eigenvalue weighted by atomic mass is 16.5. The summed E-state index contributed by atoms with van der Waals surface area (Å²) < 4.78 is 16.2. The van der Waals surface area contributed by atoms with Crippen molar-refractivity contribution < 1.29 is 23.2 Å². The fourth-order valence-corrected chi connectivity index (χ4v) is 3.42. The van der Waals surface area contributed by atoms with Gasteiger partial charge in [-0.05, 0) is 44.0 Å². The molecule has 1 fully saturated rings. The number of esters is 1. The zero-order valence-electron chi connectivity index (χ0n) is 15.6. The number of hydrogen-bond acceptors (Lipinski definition) is 6. The van der Waals surface area contributed by atoms with Crippen LogP contribution in [0.25, 0.3) is 0 Å². The van der Waals surface area contributed by atoms with Crippen LogP contribution in [0.15, 0.2) is 56.9 Å². The lowest BCUT2D eigenvalue weighted by molar-refractivity contribution is -0.139. The highest BCUT2D eigenvalue weighted by Gasteiger charge is 2.38. The van der Waals surface area contributed by atoms with Gasteiger partial charge < -0.3 is 24.2 Å². The first-order valence-corrected chi connectivity index (χ1v) is 9.43. The first-order chi connectivity index (χ1) is 13.7. The second kappa shape index (κ2) is 7.93. The van der Waals surface area contributed by atoms with E-state index >= 15 is 0 Å². The maximum atomic E-state index is 12.8. The van der Waals surface area contributed by atoms with E-state index < -0.39 is 12.0 Å². The Hall–Kier alpha value is -3.00. The molecule has 2 N–H and O–H groups in total. The maximum Gasteiger partial charge on any atom is 0.338 e. The summed E-state index contributed by atoms with van der Waals surface area (Å²) in [6.07, 6.45) is 5.31. The van der Waals surface area contributed by atoms with Gasteiger partial charge in [0.05, 0.1) is 31.3 Å². The first-order valence-electron chi connectivity index (χ1n) is 9.43. The van der Waals surface area contributed by atoms with Crippen LogP contribution in [0.4, 0.5) is 4.79 Å². The lowest BCUT2D eigenvalue weighted by Crippen LogP contribution is -2.48. The van der Waals surface area contributed by atoms with Crippen molar-refractivity contribution in [2.24, 2.45) is 0 Å². The highest BCUT2D eigenvalue weighted by molar-refractivity contribution is 5.95. The monoisotopic (exact) mass is 385 g/mol. The minimum Gasteiger partial charge on any atom is -0.468 e. The number of carbonyl (C=O) groups is 2. The average molecular weight is 385 g/mol. The molecular formula is C20H23N3O5. The zero-order chi connectivity index (χ0) is 19.5. The standard InChI is InChI=1S/C20H23N3O5/c1-2-26-19(24)17-15(21-20(25)22-18(17)16-6-4-10-28-16)12-23(13-7-8-13)11-14-5-3-9-27-14/h3-6,9-10,13,18H,2,7-8,11-12H2,1H3,(H2,21,22,25)/t18-/m0/s1. The van der Waals surface area contributed by atoms with Crippen molar-refractivity contribution in [3.8, 4) is 0 Å². The third-order valence-corrected chi connectivity index (χ3v) is 4.84. The largest absolute Gasteiger partial charge is 0.468 e. The first kappa shape index (κ1) is 18.4. The van der Waals surface area contributed by atoms with Gasteiger partial charge in [0, 0.05) is 18.3 Å². The van der Waals surface area contributed by atoms with E-state index in [4.69, 9.17) is 13.6 Å². The fourth-order valence-electron chi connectivity index (χ4n) is 3.42. The molecular weight excluding hydrogens is 362 g/mol. The van der Waals surface area contributed by atoms with E-state index in [1.54, 1.807) is 25.3 Å². The van der Waals surface area contributed by atoms with Crippen molar-refractivity contribution in [1.29, 1.82) is 0 Å². The number of nitrogens with one attached hydrogen (secondary N) is 2. The summed E-state index contributed by atoms with van der Waals surface area (Å²) in [6.45, 7) is 3.01. The van der Waals surface area contributed by atoms with Crippen LogP contribution >= 0.6 is 0 Å². The van der Waals surface area contributed by atoms with Crippen LogP contribution in [-0.4, -0.2) is 36.1 Å². The van der Waals surface area contributed by atoms with Crippen molar-refractivity contribution in [3.63, 3.8) is 0 Å². The quantitative estimate of drug-likeness (QED) is 0.678. The molecule has 2 aromatic heterocycles. The van der Waals surface area contributed by atoms with Gasteiger partial charge in [-0.3, -0.25) is 4.90 Å². The number of rotatable bonds is 8. The third-order valence-electron chi connectivity index (χ3n) is 4.84. The van der Waals surface area contributed by atoms with Gasteiger partial charge in [-0.1, -0.05) is 0 Å². The zero-order valence-corrected chi connectivity index (χ0v) is 15.6. The molecule has 2 aromatic rings. The van der Waals surface area contributed by atoms with Crippen LogP contribution in [0.1, 0.15) is 37.3 Å². The molecule has 1 aliphatic carbocycles. The molecule has 148 valence electrons. The number of nitrogens with zero attached hydrogens (tertiary/aromatic N) is 1. The van der Waals surface area contributed by atoms with Gasteiger partial charge in [0.2, 0.25) is 0 Å². The van der Waals surface area contributed by atoms with Gasteiger partial charge in [-0.25, -0.2) is 9.59 Å². The van der Waals surface area contributed by atoms with Crippen molar-refractivity contribution >= 4 is 12.0 Å². The Bertz CT molecular complexity index is 853. The molecule has 28 heavy (non-hydrogen) atoms. The molecule has 0 bridgehead atoms. The van der Waals surface area contributed by atoms with E-state index in [0.29, 0.717) is 36.2 Å². The summed E-state index contributed by atoms with van der Waals surface area (Å²) in [5.41, 5.74) is 0.892. The molecule has 0 unspecified atom stereocenters. The fraction of sp³-hybridized carbons (Fsp3) is 0.400. The third kappa shape index (κ3) is 3.96. The van der Waals surface area contributed by atoms with E-state index in [2.05, 4.69) is 15.5 Å². The lowest BCUT2D eigenvalue weighted by Gasteiger charge is -2.31. The smallest absolute Gasteiger partial charge is 0.338 e. The topological polar surface area (TPSA) is 97.0 Å². The summed E-state index contributed by atoms with van der Waals surface area (Å²) in [5, 5.41) is 5.57. The molecule has 1 saturated carbocycles. The number of furan rings is 2. The van der Waals surface area contributed by atoms with Crippen LogP contribution in [0.5, 0.6) is 0 Å². The summed E-state index contributed by atoms with van der Waals surface area (Å²) in [5.74, 6) is 0.854. The van der Waals surface area contributed by atoms with Gasteiger partial charge in [-0.15, -0.1) is 0 Å². The molecule has 0 radical (unpaired) electrons. The minimum atomic E-state index is -0.692. The number of urea groups is 1. The molecule has 3 heterocycles. The molecule has 8 heteroatoms. The minimum absolute atomic E-state index is 0.243. The maximum absolute atomic E-state index is 12.8. The summed E-state index contributed by atoms with van der Waals surface area (Å²) in [7, 11) is 0. The number of hydrogen-bond donors (Lipinski definition) is 2. The molecule has 0 saturated heterocycles. The predicted octanol–water partition coefficient (Wildman–Crippen LogP) is 2.71. The Morgan fingerprint density at radius 3 is 2.64 bits per heavy atom. The van der Waals surface area contributed by atoms with Crippen molar-refractivity contribution in [1.82, 2.24) is 15.5 Å². The van der Waals surface area contributed by atoms with E-state index in [0.717, 1.165) is 18.6 Å².